The molecule has 0 saturated carbocycles. The molecule has 3 aromatic carbocycles. The van der Waals surface area contributed by atoms with E-state index < -0.39 is 17.1 Å². The molecule has 172 valence electrons. The smallest absolute Gasteiger partial charge is 0.314 e. The first-order valence-corrected chi connectivity index (χ1v) is 11.3. The number of hydrogen-bond donors (Lipinski definition) is 0. The summed E-state index contributed by atoms with van der Waals surface area (Å²) in [6.07, 6.45) is 0.411. The molecule has 0 heterocycles. The zero-order valence-corrected chi connectivity index (χ0v) is 19.8. The van der Waals surface area contributed by atoms with Crippen molar-refractivity contribution in [1.29, 1.82) is 0 Å². The molecule has 33 heavy (non-hydrogen) atoms. The van der Waals surface area contributed by atoms with Gasteiger partial charge in [0, 0.05) is 6.42 Å². The van der Waals surface area contributed by atoms with Gasteiger partial charge in [-0.3, -0.25) is 9.59 Å². The van der Waals surface area contributed by atoms with Crippen molar-refractivity contribution >= 4 is 11.9 Å². The van der Waals surface area contributed by atoms with Gasteiger partial charge in [0.05, 0.1) is 5.92 Å². The molecular weight excluding hydrogens is 412 g/mol. The van der Waals surface area contributed by atoms with Crippen LogP contribution in [0.2, 0.25) is 0 Å². The summed E-state index contributed by atoms with van der Waals surface area (Å²) in [5, 5.41) is 0. The SMILES string of the molecule is CC(C)(OC(=O)CCC(C(=O)OC(C)(C)c1ccccc1)c1ccccc1)c1ccccc1. The first-order valence-electron chi connectivity index (χ1n) is 11.3. The summed E-state index contributed by atoms with van der Waals surface area (Å²) in [5.74, 6) is -1.27. The Hall–Kier alpha value is -3.40. The fraction of sp³-hybridized carbons (Fsp3) is 0.310. The number of benzene rings is 3. The minimum atomic E-state index is -0.790. The van der Waals surface area contributed by atoms with Gasteiger partial charge < -0.3 is 9.47 Å². The van der Waals surface area contributed by atoms with E-state index in [1.54, 1.807) is 0 Å². The Morgan fingerprint density at radius 1 is 0.667 bits per heavy atom. The van der Waals surface area contributed by atoms with E-state index in [4.69, 9.17) is 9.47 Å². The lowest BCUT2D eigenvalue weighted by molar-refractivity contribution is -0.161. The van der Waals surface area contributed by atoms with Crippen LogP contribution in [0, 0.1) is 0 Å². The molecule has 0 spiro atoms. The first-order chi connectivity index (χ1) is 15.7. The molecule has 1 unspecified atom stereocenters. The highest BCUT2D eigenvalue weighted by Crippen LogP contribution is 2.31. The van der Waals surface area contributed by atoms with Crippen molar-refractivity contribution in [2.45, 2.75) is 57.7 Å². The van der Waals surface area contributed by atoms with Crippen molar-refractivity contribution in [3.05, 3.63) is 108 Å². The number of rotatable bonds is 9. The monoisotopic (exact) mass is 444 g/mol. The van der Waals surface area contributed by atoms with Crippen molar-refractivity contribution in [2.75, 3.05) is 0 Å². The maximum Gasteiger partial charge on any atom is 0.314 e. The zero-order chi connectivity index (χ0) is 23.9. The van der Waals surface area contributed by atoms with Gasteiger partial charge in [-0.05, 0) is 50.8 Å². The molecule has 0 bridgehead atoms. The van der Waals surface area contributed by atoms with E-state index in [1.165, 1.54) is 0 Å². The van der Waals surface area contributed by atoms with Crippen molar-refractivity contribution in [1.82, 2.24) is 0 Å². The summed E-state index contributed by atoms with van der Waals surface area (Å²) < 4.78 is 11.7. The highest BCUT2D eigenvalue weighted by Gasteiger charge is 2.32. The van der Waals surface area contributed by atoms with Crippen LogP contribution in [0.4, 0.5) is 0 Å². The van der Waals surface area contributed by atoms with E-state index in [1.807, 2.05) is 119 Å². The summed E-state index contributed by atoms with van der Waals surface area (Å²) in [6, 6.07) is 28.7. The molecule has 0 radical (unpaired) electrons. The van der Waals surface area contributed by atoms with Crippen LogP contribution in [0.25, 0.3) is 0 Å². The molecule has 0 N–H and O–H groups in total. The van der Waals surface area contributed by atoms with Gasteiger partial charge in [0.25, 0.3) is 0 Å². The average molecular weight is 445 g/mol. The van der Waals surface area contributed by atoms with Crippen molar-refractivity contribution in [3.8, 4) is 0 Å². The second kappa shape index (κ2) is 10.5. The van der Waals surface area contributed by atoms with E-state index in [2.05, 4.69) is 0 Å². The van der Waals surface area contributed by atoms with Gasteiger partial charge in [0.15, 0.2) is 0 Å². The van der Waals surface area contributed by atoms with Gasteiger partial charge in [-0.25, -0.2) is 0 Å². The van der Waals surface area contributed by atoms with Gasteiger partial charge in [-0.1, -0.05) is 91.0 Å². The van der Waals surface area contributed by atoms with Crippen LogP contribution in [0.1, 0.15) is 63.1 Å². The van der Waals surface area contributed by atoms with Gasteiger partial charge in [0.1, 0.15) is 11.2 Å². The lowest BCUT2D eigenvalue weighted by Crippen LogP contribution is -2.30. The molecule has 1 atom stereocenters. The summed E-state index contributed by atoms with van der Waals surface area (Å²) in [7, 11) is 0. The summed E-state index contributed by atoms with van der Waals surface area (Å²) in [6.45, 7) is 7.48. The maximum atomic E-state index is 13.3. The molecule has 0 saturated heterocycles. The Bertz CT molecular complexity index is 1040. The molecule has 3 rings (SSSR count). The molecule has 0 amide bonds. The third-order valence-corrected chi connectivity index (χ3v) is 5.79. The Labute approximate surface area is 196 Å². The van der Waals surface area contributed by atoms with Crippen molar-refractivity contribution < 1.29 is 19.1 Å². The van der Waals surface area contributed by atoms with Crippen LogP contribution in [-0.4, -0.2) is 11.9 Å². The minimum Gasteiger partial charge on any atom is -0.455 e. The number of ether oxygens (including phenoxy) is 2. The van der Waals surface area contributed by atoms with Crippen LogP contribution >= 0.6 is 0 Å². The normalized spacial score (nSPS) is 12.6. The highest BCUT2D eigenvalue weighted by molar-refractivity contribution is 5.80. The van der Waals surface area contributed by atoms with Crippen molar-refractivity contribution in [2.24, 2.45) is 0 Å². The van der Waals surface area contributed by atoms with Crippen LogP contribution < -0.4 is 0 Å². The van der Waals surface area contributed by atoms with Gasteiger partial charge >= 0.3 is 11.9 Å². The number of carbonyl (C=O) groups is 2. The van der Waals surface area contributed by atoms with Gasteiger partial charge in [-0.2, -0.15) is 0 Å². The Kier molecular flexibility index (Phi) is 7.70. The molecule has 3 aromatic rings. The third kappa shape index (κ3) is 6.55. The zero-order valence-electron chi connectivity index (χ0n) is 19.8. The summed E-state index contributed by atoms with van der Waals surface area (Å²) in [5.41, 5.74) is 1.11. The molecule has 4 nitrogen and oxygen atoms in total. The molecule has 0 fully saturated rings. The van der Waals surface area contributed by atoms with Crippen LogP contribution in [0.15, 0.2) is 91.0 Å². The molecule has 0 aliphatic rings. The Morgan fingerprint density at radius 2 is 1.09 bits per heavy atom. The summed E-state index contributed by atoms with van der Waals surface area (Å²) in [4.78, 5) is 26.0. The van der Waals surface area contributed by atoms with Crippen LogP contribution in [0.3, 0.4) is 0 Å². The number of esters is 2. The van der Waals surface area contributed by atoms with Crippen LogP contribution in [0.5, 0.6) is 0 Å². The van der Waals surface area contributed by atoms with Crippen LogP contribution in [-0.2, 0) is 30.3 Å². The lowest BCUT2D eigenvalue weighted by Gasteiger charge is -2.29. The largest absolute Gasteiger partial charge is 0.455 e. The van der Waals surface area contributed by atoms with Gasteiger partial charge in [-0.15, -0.1) is 0 Å². The molecule has 4 heteroatoms. The fourth-order valence-corrected chi connectivity index (χ4v) is 3.82. The first kappa shape index (κ1) is 24.2. The second-order valence-corrected chi connectivity index (χ2v) is 9.15. The van der Waals surface area contributed by atoms with E-state index >= 15 is 0 Å². The lowest BCUT2D eigenvalue weighted by atomic mass is 9.93. The predicted molar refractivity (Wildman–Crippen MR) is 130 cm³/mol. The Morgan fingerprint density at radius 3 is 1.58 bits per heavy atom. The molecule has 0 aliphatic carbocycles. The van der Waals surface area contributed by atoms with Crippen molar-refractivity contribution in [3.63, 3.8) is 0 Å². The highest BCUT2D eigenvalue weighted by atomic mass is 16.6. The van der Waals surface area contributed by atoms with E-state index in [0.29, 0.717) is 6.42 Å². The molecule has 0 aromatic heterocycles. The third-order valence-electron chi connectivity index (χ3n) is 5.79. The topological polar surface area (TPSA) is 52.6 Å². The predicted octanol–water partition coefficient (Wildman–Crippen LogP) is 6.51. The molecule has 0 aliphatic heterocycles. The quantitative estimate of drug-likeness (QED) is 0.353. The maximum absolute atomic E-state index is 13.3. The van der Waals surface area contributed by atoms with E-state index in [9.17, 15) is 9.59 Å². The second-order valence-electron chi connectivity index (χ2n) is 9.15. The minimum absolute atomic E-state index is 0.108. The van der Waals surface area contributed by atoms with E-state index in [0.717, 1.165) is 16.7 Å². The molecular formula is C29H32O4. The summed E-state index contributed by atoms with van der Waals surface area (Å²) >= 11 is 0. The average Bonchev–Trinajstić information content (AvgIpc) is 2.80. The number of carbonyl (C=O) groups excluding carboxylic acids is 2. The van der Waals surface area contributed by atoms with Gasteiger partial charge in [0.2, 0.25) is 0 Å². The standard InChI is InChI=1S/C29H32O4/c1-28(2,23-16-10-6-11-17-23)32-26(30)21-20-25(22-14-8-5-9-15-22)27(31)33-29(3,4)24-18-12-7-13-19-24/h5-19,25H,20-21H2,1-4H3. The fourth-order valence-electron chi connectivity index (χ4n) is 3.82. The Balaban J connectivity index is 1.71. The van der Waals surface area contributed by atoms with E-state index in [-0.39, 0.29) is 18.4 Å². The number of hydrogen-bond acceptors (Lipinski definition) is 4.